The van der Waals surface area contributed by atoms with Crippen LogP contribution in [-0.2, 0) is 11.3 Å². The van der Waals surface area contributed by atoms with E-state index in [9.17, 15) is 4.79 Å². The van der Waals surface area contributed by atoms with Crippen LogP contribution in [0.1, 0.15) is 16.7 Å². The minimum absolute atomic E-state index is 0.0225. The van der Waals surface area contributed by atoms with E-state index in [1.54, 1.807) is 0 Å². The van der Waals surface area contributed by atoms with Crippen LogP contribution < -0.4 is 10.1 Å². The molecule has 0 saturated carbocycles. The summed E-state index contributed by atoms with van der Waals surface area (Å²) in [4.78, 5) is 12.1. The van der Waals surface area contributed by atoms with E-state index in [0.29, 0.717) is 12.3 Å². The number of carbonyl (C=O) groups is 1. The van der Waals surface area contributed by atoms with Crippen LogP contribution in [-0.4, -0.2) is 12.5 Å². The second-order valence-corrected chi connectivity index (χ2v) is 6.45. The fourth-order valence-corrected chi connectivity index (χ4v) is 2.94. The molecular formula is C21H20ClNO2. The first-order valence-electron chi connectivity index (χ1n) is 8.17. The van der Waals surface area contributed by atoms with Crippen molar-refractivity contribution in [2.24, 2.45) is 0 Å². The summed E-state index contributed by atoms with van der Waals surface area (Å²) in [6.45, 7) is 4.29. The van der Waals surface area contributed by atoms with Gasteiger partial charge < -0.3 is 10.1 Å². The molecule has 0 fully saturated rings. The summed E-state index contributed by atoms with van der Waals surface area (Å²) < 4.78 is 5.59. The molecule has 0 unspecified atom stereocenters. The first-order valence-corrected chi connectivity index (χ1v) is 8.55. The second kappa shape index (κ2) is 7.58. The SMILES string of the molecule is Cc1cc(OCC(=O)NCc2cccc3ccccc23)cc(C)c1Cl. The molecule has 1 amide bonds. The van der Waals surface area contributed by atoms with Crippen molar-refractivity contribution in [3.8, 4) is 5.75 Å². The Labute approximate surface area is 152 Å². The monoisotopic (exact) mass is 353 g/mol. The zero-order valence-corrected chi connectivity index (χ0v) is 15.1. The lowest BCUT2D eigenvalue weighted by atomic mass is 10.0. The number of hydrogen-bond donors (Lipinski definition) is 1. The summed E-state index contributed by atoms with van der Waals surface area (Å²) in [5.74, 6) is 0.498. The van der Waals surface area contributed by atoms with Gasteiger partial charge in [-0.05, 0) is 53.4 Å². The number of ether oxygens (including phenoxy) is 1. The molecule has 3 aromatic carbocycles. The normalized spacial score (nSPS) is 10.7. The highest BCUT2D eigenvalue weighted by Crippen LogP contribution is 2.25. The number of benzene rings is 3. The number of hydrogen-bond acceptors (Lipinski definition) is 2. The van der Waals surface area contributed by atoms with Gasteiger partial charge in [0.25, 0.3) is 5.91 Å². The van der Waals surface area contributed by atoms with Crippen LogP contribution in [0.5, 0.6) is 5.75 Å². The minimum Gasteiger partial charge on any atom is -0.484 e. The number of carbonyl (C=O) groups excluding carboxylic acids is 1. The summed E-state index contributed by atoms with van der Waals surface area (Å²) in [7, 11) is 0. The molecule has 0 aliphatic carbocycles. The molecular weight excluding hydrogens is 334 g/mol. The van der Waals surface area contributed by atoms with Crippen LogP contribution in [0.4, 0.5) is 0 Å². The number of amides is 1. The number of nitrogens with one attached hydrogen (secondary N) is 1. The fraction of sp³-hybridized carbons (Fsp3) is 0.190. The predicted molar refractivity (Wildman–Crippen MR) is 102 cm³/mol. The van der Waals surface area contributed by atoms with E-state index in [0.717, 1.165) is 32.5 Å². The summed E-state index contributed by atoms with van der Waals surface area (Å²) in [5.41, 5.74) is 2.96. The molecule has 0 heterocycles. The number of aryl methyl sites for hydroxylation is 2. The standard InChI is InChI=1S/C21H20ClNO2/c1-14-10-18(11-15(2)21(14)22)25-13-20(24)23-12-17-8-5-7-16-6-3-4-9-19(16)17/h3-11H,12-13H2,1-2H3,(H,23,24). The summed E-state index contributed by atoms with van der Waals surface area (Å²) in [6, 6.07) is 17.9. The van der Waals surface area contributed by atoms with Gasteiger partial charge in [-0.1, -0.05) is 54.1 Å². The first kappa shape index (κ1) is 17.3. The van der Waals surface area contributed by atoms with Crippen molar-refractivity contribution in [3.05, 3.63) is 76.3 Å². The Balaban J connectivity index is 1.60. The molecule has 0 aliphatic rings. The average Bonchev–Trinajstić information content (AvgIpc) is 2.62. The molecule has 0 spiro atoms. The first-order chi connectivity index (χ1) is 12.0. The van der Waals surface area contributed by atoms with Crippen LogP contribution in [0.2, 0.25) is 5.02 Å². The van der Waals surface area contributed by atoms with E-state index in [-0.39, 0.29) is 12.5 Å². The van der Waals surface area contributed by atoms with Gasteiger partial charge in [-0.25, -0.2) is 0 Å². The molecule has 0 atom stereocenters. The van der Waals surface area contributed by atoms with Crippen LogP contribution in [0.25, 0.3) is 10.8 Å². The van der Waals surface area contributed by atoms with Crippen molar-refractivity contribution in [3.63, 3.8) is 0 Å². The van der Waals surface area contributed by atoms with Crippen LogP contribution in [0, 0.1) is 13.8 Å². The molecule has 3 nitrogen and oxygen atoms in total. The van der Waals surface area contributed by atoms with Gasteiger partial charge in [-0.15, -0.1) is 0 Å². The minimum atomic E-state index is -0.154. The average molecular weight is 354 g/mol. The van der Waals surface area contributed by atoms with Gasteiger partial charge in [0.05, 0.1) is 0 Å². The third kappa shape index (κ3) is 4.12. The Hall–Kier alpha value is -2.52. The van der Waals surface area contributed by atoms with Crippen molar-refractivity contribution in [1.82, 2.24) is 5.32 Å². The van der Waals surface area contributed by atoms with Crippen LogP contribution in [0.15, 0.2) is 54.6 Å². The molecule has 3 rings (SSSR count). The maximum absolute atomic E-state index is 12.1. The van der Waals surface area contributed by atoms with Crippen molar-refractivity contribution in [1.29, 1.82) is 0 Å². The lowest BCUT2D eigenvalue weighted by Crippen LogP contribution is -2.28. The Morgan fingerprint density at radius 2 is 1.72 bits per heavy atom. The molecule has 0 bridgehead atoms. The summed E-state index contributed by atoms with van der Waals surface area (Å²) in [5, 5.41) is 5.95. The van der Waals surface area contributed by atoms with Gasteiger partial charge in [0, 0.05) is 11.6 Å². The highest BCUT2D eigenvalue weighted by molar-refractivity contribution is 6.32. The smallest absolute Gasteiger partial charge is 0.258 e. The van der Waals surface area contributed by atoms with Gasteiger partial charge in [-0.3, -0.25) is 4.79 Å². The lowest BCUT2D eigenvalue weighted by Gasteiger charge is -2.11. The molecule has 25 heavy (non-hydrogen) atoms. The highest BCUT2D eigenvalue weighted by atomic mass is 35.5. The van der Waals surface area contributed by atoms with Crippen molar-refractivity contribution >= 4 is 28.3 Å². The van der Waals surface area contributed by atoms with E-state index in [1.807, 2.05) is 50.2 Å². The van der Waals surface area contributed by atoms with Crippen LogP contribution >= 0.6 is 11.6 Å². The Kier molecular flexibility index (Phi) is 5.25. The third-order valence-corrected chi connectivity index (χ3v) is 4.73. The zero-order chi connectivity index (χ0) is 17.8. The van der Waals surface area contributed by atoms with Gasteiger partial charge in [0.1, 0.15) is 5.75 Å². The van der Waals surface area contributed by atoms with Crippen molar-refractivity contribution in [2.75, 3.05) is 6.61 Å². The van der Waals surface area contributed by atoms with Crippen molar-refractivity contribution in [2.45, 2.75) is 20.4 Å². The Morgan fingerprint density at radius 1 is 1.04 bits per heavy atom. The zero-order valence-electron chi connectivity index (χ0n) is 14.3. The molecule has 1 N–H and O–H groups in total. The fourth-order valence-electron chi connectivity index (χ4n) is 2.83. The molecule has 0 aromatic heterocycles. The van der Waals surface area contributed by atoms with Gasteiger partial charge >= 0.3 is 0 Å². The maximum atomic E-state index is 12.1. The third-order valence-electron chi connectivity index (χ3n) is 4.14. The van der Waals surface area contributed by atoms with E-state index < -0.39 is 0 Å². The molecule has 0 saturated heterocycles. The van der Waals surface area contributed by atoms with Gasteiger partial charge in [-0.2, -0.15) is 0 Å². The number of fused-ring (bicyclic) bond motifs is 1. The molecule has 0 radical (unpaired) electrons. The van der Waals surface area contributed by atoms with Crippen LogP contribution in [0.3, 0.4) is 0 Å². The lowest BCUT2D eigenvalue weighted by molar-refractivity contribution is -0.123. The Bertz CT molecular complexity index is 892. The predicted octanol–water partition coefficient (Wildman–Crippen LogP) is 4.81. The summed E-state index contributed by atoms with van der Waals surface area (Å²) >= 11 is 6.14. The van der Waals surface area contributed by atoms with E-state index >= 15 is 0 Å². The largest absolute Gasteiger partial charge is 0.484 e. The topological polar surface area (TPSA) is 38.3 Å². The quantitative estimate of drug-likeness (QED) is 0.715. The molecule has 128 valence electrons. The van der Waals surface area contributed by atoms with E-state index in [4.69, 9.17) is 16.3 Å². The van der Waals surface area contributed by atoms with Gasteiger partial charge in [0.15, 0.2) is 6.61 Å². The second-order valence-electron chi connectivity index (χ2n) is 6.07. The molecule has 3 aromatic rings. The van der Waals surface area contributed by atoms with E-state index in [2.05, 4.69) is 23.5 Å². The maximum Gasteiger partial charge on any atom is 0.258 e. The number of rotatable bonds is 5. The number of halogens is 1. The molecule has 0 aliphatic heterocycles. The summed E-state index contributed by atoms with van der Waals surface area (Å²) in [6.07, 6.45) is 0. The molecule has 4 heteroatoms. The Morgan fingerprint density at radius 3 is 2.48 bits per heavy atom. The van der Waals surface area contributed by atoms with Crippen molar-refractivity contribution < 1.29 is 9.53 Å². The van der Waals surface area contributed by atoms with E-state index in [1.165, 1.54) is 0 Å². The highest BCUT2D eigenvalue weighted by Gasteiger charge is 2.07. The van der Waals surface area contributed by atoms with Gasteiger partial charge in [0.2, 0.25) is 0 Å².